The second kappa shape index (κ2) is 8.50. The molecule has 8 nitrogen and oxygen atoms in total. The summed E-state index contributed by atoms with van der Waals surface area (Å²) < 4.78 is 11.1. The molecule has 4 N–H and O–H groups in total. The summed E-state index contributed by atoms with van der Waals surface area (Å²) in [5, 5.41) is 19.2. The van der Waals surface area contributed by atoms with Crippen LogP contribution in [0.2, 0.25) is 0 Å². The smallest absolute Gasteiger partial charge is 0.229 e. The van der Waals surface area contributed by atoms with Crippen LogP contribution < -0.4 is 25.4 Å². The largest absolute Gasteiger partial charge is 0.493 e. The molecule has 1 aromatic carbocycles. The van der Waals surface area contributed by atoms with Gasteiger partial charge in [-0.05, 0) is 32.2 Å². The molecule has 8 heteroatoms. The fourth-order valence-corrected chi connectivity index (χ4v) is 2.22. The van der Waals surface area contributed by atoms with Crippen LogP contribution in [-0.2, 0) is 0 Å². The molecule has 0 radical (unpaired) electrons. The number of nitrogens with one attached hydrogen (secondary N) is 3. The topological polar surface area (TPSA) is 101 Å². The third-order valence-electron chi connectivity index (χ3n) is 3.43. The summed E-state index contributed by atoms with van der Waals surface area (Å²) in [5.74, 6) is 2.28. The van der Waals surface area contributed by atoms with Gasteiger partial charge in [0.15, 0.2) is 11.5 Å². The van der Waals surface area contributed by atoms with Gasteiger partial charge in [-0.3, -0.25) is 0 Å². The minimum atomic E-state index is -0.993. The van der Waals surface area contributed by atoms with E-state index in [4.69, 9.17) is 9.47 Å². The van der Waals surface area contributed by atoms with Crippen molar-refractivity contribution in [3.05, 3.63) is 30.5 Å². The SMILES string of the molecule is CNC[C@@](C)(O)COc1cc(Nc2nccc(NC)n2)ccc1OC. The van der Waals surface area contributed by atoms with Crippen molar-refractivity contribution >= 4 is 17.5 Å². The van der Waals surface area contributed by atoms with Crippen LogP contribution in [0.15, 0.2) is 30.5 Å². The number of nitrogens with zero attached hydrogens (tertiary/aromatic N) is 2. The molecule has 25 heavy (non-hydrogen) atoms. The summed E-state index contributed by atoms with van der Waals surface area (Å²) >= 11 is 0. The molecule has 1 heterocycles. The van der Waals surface area contributed by atoms with Gasteiger partial charge < -0.3 is 30.5 Å². The van der Waals surface area contributed by atoms with E-state index in [1.54, 1.807) is 52.5 Å². The van der Waals surface area contributed by atoms with E-state index in [0.29, 0.717) is 29.8 Å². The van der Waals surface area contributed by atoms with Gasteiger partial charge in [0.25, 0.3) is 0 Å². The Balaban J connectivity index is 2.15. The number of rotatable bonds is 9. The summed E-state index contributed by atoms with van der Waals surface area (Å²) in [7, 11) is 5.14. The molecule has 0 amide bonds. The fourth-order valence-electron chi connectivity index (χ4n) is 2.22. The number of hydrogen-bond donors (Lipinski definition) is 4. The average Bonchev–Trinajstić information content (AvgIpc) is 2.60. The summed E-state index contributed by atoms with van der Waals surface area (Å²) in [6, 6.07) is 7.18. The van der Waals surface area contributed by atoms with Crippen LogP contribution in [0.4, 0.5) is 17.5 Å². The van der Waals surface area contributed by atoms with E-state index in [0.717, 1.165) is 5.69 Å². The maximum atomic E-state index is 10.2. The number of anilines is 3. The van der Waals surface area contributed by atoms with Gasteiger partial charge in [-0.25, -0.2) is 4.98 Å². The zero-order valence-corrected chi connectivity index (χ0v) is 15.0. The van der Waals surface area contributed by atoms with Crippen molar-refractivity contribution < 1.29 is 14.6 Å². The molecule has 1 atom stereocenters. The predicted octanol–water partition coefficient (Wildman–Crippen LogP) is 1.62. The first-order valence-corrected chi connectivity index (χ1v) is 7.93. The highest BCUT2D eigenvalue weighted by Gasteiger charge is 2.21. The second-order valence-electron chi connectivity index (χ2n) is 5.82. The maximum Gasteiger partial charge on any atom is 0.229 e. The molecule has 0 saturated heterocycles. The van der Waals surface area contributed by atoms with Gasteiger partial charge in [-0.1, -0.05) is 0 Å². The lowest BCUT2D eigenvalue weighted by Gasteiger charge is -2.23. The Bertz CT molecular complexity index is 694. The molecule has 0 aliphatic rings. The molecule has 0 saturated carbocycles. The van der Waals surface area contributed by atoms with Crippen molar-refractivity contribution in [2.75, 3.05) is 45.0 Å². The first kappa shape index (κ1) is 18.8. The van der Waals surface area contributed by atoms with E-state index in [1.165, 1.54) is 0 Å². The molecule has 0 aliphatic heterocycles. The van der Waals surface area contributed by atoms with Crippen LogP contribution in [-0.4, -0.2) is 55.0 Å². The van der Waals surface area contributed by atoms with Crippen molar-refractivity contribution in [3.63, 3.8) is 0 Å². The number of aliphatic hydroxyl groups is 1. The van der Waals surface area contributed by atoms with Gasteiger partial charge in [0.05, 0.1) is 7.11 Å². The lowest BCUT2D eigenvalue weighted by atomic mass is 10.1. The number of methoxy groups -OCH3 is 1. The van der Waals surface area contributed by atoms with Crippen LogP contribution in [0.1, 0.15) is 6.92 Å². The minimum Gasteiger partial charge on any atom is -0.493 e. The highest BCUT2D eigenvalue weighted by atomic mass is 16.5. The van der Waals surface area contributed by atoms with Gasteiger partial charge in [0.1, 0.15) is 18.0 Å². The van der Waals surface area contributed by atoms with Crippen LogP contribution >= 0.6 is 0 Å². The molecule has 0 unspecified atom stereocenters. The van der Waals surface area contributed by atoms with E-state index in [9.17, 15) is 5.11 Å². The van der Waals surface area contributed by atoms with Crippen molar-refractivity contribution in [3.8, 4) is 11.5 Å². The van der Waals surface area contributed by atoms with E-state index in [1.807, 2.05) is 6.07 Å². The molecular formula is C17H25N5O3. The third-order valence-corrected chi connectivity index (χ3v) is 3.43. The van der Waals surface area contributed by atoms with E-state index < -0.39 is 5.60 Å². The number of ether oxygens (including phenoxy) is 2. The number of aromatic nitrogens is 2. The summed E-state index contributed by atoms with van der Waals surface area (Å²) in [5.41, 5.74) is -0.245. The van der Waals surface area contributed by atoms with Crippen LogP contribution in [0.5, 0.6) is 11.5 Å². The molecule has 1 aromatic heterocycles. The first-order valence-electron chi connectivity index (χ1n) is 7.93. The molecule has 136 valence electrons. The Hall–Kier alpha value is -2.58. The zero-order chi connectivity index (χ0) is 18.3. The quantitative estimate of drug-likeness (QED) is 0.543. The van der Waals surface area contributed by atoms with Crippen LogP contribution in [0.3, 0.4) is 0 Å². The number of likely N-dealkylation sites (N-methyl/N-ethyl adjacent to an activating group) is 1. The normalized spacial score (nSPS) is 13.0. The van der Waals surface area contributed by atoms with Crippen LogP contribution in [0.25, 0.3) is 0 Å². The lowest BCUT2D eigenvalue weighted by Crippen LogP contribution is -2.41. The van der Waals surface area contributed by atoms with E-state index >= 15 is 0 Å². The average molecular weight is 347 g/mol. The van der Waals surface area contributed by atoms with E-state index in [-0.39, 0.29) is 6.61 Å². The summed E-state index contributed by atoms with van der Waals surface area (Å²) in [6.07, 6.45) is 1.66. The Labute approximate surface area is 147 Å². The second-order valence-corrected chi connectivity index (χ2v) is 5.82. The fraction of sp³-hybridized carbons (Fsp3) is 0.412. The van der Waals surface area contributed by atoms with Gasteiger partial charge in [-0.15, -0.1) is 0 Å². The number of hydrogen-bond acceptors (Lipinski definition) is 8. The molecule has 0 aliphatic carbocycles. The standard InChI is InChI=1S/C17H25N5O3/c1-17(23,10-18-2)11-25-14-9-12(5-6-13(14)24-4)21-16-20-8-7-15(19-3)22-16/h5-9,18,23H,10-11H2,1-4H3,(H2,19,20,21,22)/t17-/m1/s1. The summed E-state index contributed by atoms with van der Waals surface area (Å²) in [4.78, 5) is 8.50. The molecular weight excluding hydrogens is 322 g/mol. The van der Waals surface area contributed by atoms with Gasteiger partial charge in [0, 0.05) is 31.5 Å². The Morgan fingerprint density at radius 1 is 1.20 bits per heavy atom. The molecule has 0 spiro atoms. The van der Waals surface area contributed by atoms with Gasteiger partial charge >= 0.3 is 0 Å². The molecule has 2 rings (SSSR count). The molecule has 2 aromatic rings. The highest BCUT2D eigenvalue weighted by Crippen LogP contribution is 2.31. The predicted molar refractivity (Wildman–Crippen MR) is 97.9 cm³/mol. The van der Waals surface area contributed by atoms with Crippen molar-refractivity contribution in [1.29, 1.82) is 0 Å². The van der Waals surface area contributed by atoms with Crippen molar-refractivity contribution in [2.45, 2.75) is 12.5 Å². The van der Waals surface area contributed by atoms with Gasteiger partial charge in [0.2, 0.25) is 5.95 Å². The summed E-state index contributed by atoms with van der Waals surface area (Å²) in [6.45, 7) is 2.24. The van der Waals surface area contributed by atoms with Crippen LogP contribution in [0, 0.1) is 0 Å². The zero-order valence-electron chi connectivity index (χ0n) is 15.0. The highest BCUT2D eigenvalue weighted by molar-refractivity contribution is 5.60. The van der Waals surface area contributed by atoms with Gasteiger partial charge in [-0.2, -0.15) is 4.98 Å². The molecule has 0 bridgehead atoms. The number of benzene rings is 1. The maximum absolute atomic E-state index is 10.2. The van der Waals surface area contributed by atoms with Crippen molar-refractivity contribution in [1.82, 2.24) is 15.3 Å². The van der Waals surface area contributed by atoms with E-state index in [2.05, 4.69) is 25.9 Å². The first-order chi connectivity index (χ1) is 12.0. The minimum absolute atomic E-state index is 0.124. The Morgan fingerprint density at radius 2 is 2.00 bits per heavy atom. The Morgan fingerprint density at radius 3 is 2.68 bits per heavy atom. The monoisotopic (exact) mass is 347 g/mol. The van der Waals surface area contributed by atoms with Crippen molar-refractivity contribution in [2.24, 2.45) is 0 Å². The lowest BCUT2D eigenvalue weighted by molar-refractivity contribution is 0.0131. The molecule has 0 fully saturated rings. The Kier molecular flexibility index (Phi) is 6.37. The third kappa shape index (κ3) is 5.47.